The third kappa shape index (κ3) is 29.3. The molecule has 0 bridgehead atoms. The number of phenolic OH excluding ortho intramolecular Hbond substituents is 1. The third-order valence-electron chi connectivity index (χ3n) is 17.7. The Morgan fingerprint density at radius 2 is 0.791 bits per heavy atom. The minimum Gasteiger partial charge on any atom is -0.508 e. The molecule has 1 heterocycles. The Bertz CT molecular complexity index is 3920. The van der Waals surface area contributed by atoms with Gasteiger partial charge in [0.25, 0.3) is 0 Å². The van der Waals surface area contributed by atoms with Crippen molar-refractivity contribution in [3.05, 3.63) is 138 Å². The molecule has 0 aliphatic heterocycles. The van der Waals surface area contributed by atoms with Crippen LogP contribution in [-0.4, -0.2) is 229 Å². The van der Waals surface area contributed by atoms with Crippen LogP contribution in [0.15, 0.2) is 115 Å². The van der Waals surface area contributed by atoms with Crippen LogP contribution in [0.5, 0.6) is 5.75 Å². The summed E-state index contributed by atoms with van der Waals surface area (Å²) in [5.41, 5.74) is 20.6. The molecule has 5 aromatic rings. The summed E-state index contributed by atoms with van der Waals surface area (Å²) in [6.45, 7) is 2.08. The van der Waals surface area contributed by atoms with E-state index >= 15 is 0 Å². The lowest BCUT2D eigenvalue weighted by atomic mass is 10.0. The van der Waals surface area contributed by atoms with Crippen molar-refractivity contribution in [1.29, 1.82) is 0 Å². The predicted octanol–water partition coefficient (Wildman–Crippen LogP) is -3.49. The van der Waals surface area contributed by atoms with E-state index in [1.54, 1.807) is 103 Å². The van der Waals surface area contributed by atoms with Crippen molar-refractivity contribution in [3.63, 3.8) is 0 Å². The predicted molar refractivity (Wildman–Crippen MR) is 397 cm³/mol. The van der Waals surface area contributed by atoms with Crippen molar-refractivity contribution in [3.8, 4) is 5.75 Å². The second-order valence-corrected chi connectivity index (χ2v) is 26.7. The topological polar surface area (TPSA) is 607 Å². The molecular formula is C74H101N15O21. The van der Waals surface area contributed by atoms with Gasteiger partial charge < -0.3 is 116 Å². The number of aliphatic hydroxyl groups excluding tert-OH is 3. The highest BCUT2D eigenvalue weighted by Crippen LogP contribution is 2.21. The molecule has 110 heavy (non-hydrogen) atoms. The molecule has 0 spiro atoms. The summed E-state index contributed by atoms with van der Waals surface area (Å²) in [6, 6.07) is 9.19. The number of benzene rings is 4. The molecule has 1 aromatic heterocycles. The molecule has 0 saturated heterocycles. The number of nitrogens with two attached hydrogens (primary N) is 3. The van der Waals surface area contributed by atoms with Crippen molar-refractivity contribution in [2.75, 3.05) is 26.3 Å². The van der Waals surface area contributed by atoms with Crippen molar-refractivity contribution in [1.82, 2.24) is 63.5 Å². The van der Waals surface area contributed by atoms with Crippen LogP contribution >= 0.6 is 0 Å². The maximum absolute atomic E-state index is 14.5. The number of fused-ring (bicyclic) bond motifs is 1. The number of carbonyl (C=O) groups excluding carboxylic acids is 11. The van der Waals surface area contributed by atoms with Gasteiger partial charge >= 0.3 is 17.9 Å². The van der Waals surface area contributed by atoms with Gasteiger partial charge in [0.05, 0.1) is 31.8 Å². The number of H-pyrrole nitrogens is 1. The lowest BCUT2D eigenvalue weighted by molar-refractivity contribution is -0.143. The molecule has 25 N–H and O–H groups in total. The van der Waals surface area contributed by atoms with Gasteiger partial charge in [0.15, 0.2) is 0 Å². The minimum absolute atomic E-state index is 0.00613. The highest BCUT2D eigenvalue weighted by Gasteiger charge is 2.39. The first-order valence-electron chi connectivity index (χ1n) is 35.8. The molecule has 0 saturated carbocycles. The Morgan fingerprint density at radius 1 is 0.400 bits per heavy atom. The van der Waals surface area contributed by atoms with Gasteiger partial charge in [-0.25, -0.2) is 4.79 Å². The van der Waals surface area contributed by atoms with Crippen LogP contribution in [0.4, 0.5) is 0 Å². The Morgan fingerprint density at radius 3 is 1.28 bits per heavy atom. The first-order chi connectivity index (χ1) is 52.4. The number of amides is 11. The number of phenols is 1. The van der Waals surface area contributed by atoms with E-state index in [0.29, 0.717) is 33.2 Å². The summed E-state index contributed by atoms with van der Waals surface area (Å²) in [5.74, 6) is -17.4. The Balaban J connectivity index is 1.32. The first kappa shape index (κ1) is 89.2. The van der Waals surface area contributed by atoms with Crippen molar-refractivity contribution >= 4 is 93.8 Å². The monoisotopic (exact) mass is 1540 g/mol. The maximum atomic E-state index is 14.5. The van der Waals surface area contributed by atoms with Crippen LogP contribution < -0.4 is 75.7 Å². The largest absolute Gasteiger partial charge is 0.508 e. The number of hydrogen-bond donors (Lipinski definition) is 22. The van der Waals surface area contributed by atoms with Crippen LogP contribution in [0, 0.1) is 5.92 Å². The second-order valence-electron chi connectivity index (χ2n) is 26.7. The SMILES string of the molecule is CC(C)[C@H](NC(=O)[C@@H](NC(=O)[C@H](CO)NC(=O)[C@H](Cc1c[nH]c2ccccc12)NC(=O)[C@@H](N)Cc1ccc(O)cc1)[C@@H](C)O)C(=O)N[C@@H](CCCCN)C(=O)N[C@@H](CC(=O)O)C(=O)N[C@@H](CCCCN)C(=O)N[C@@H](Cc1ccccc1)C(=O)N[C@@H](CO)C(=O)N[C@@H](CCC(=O)O)C(=O)N[C@@H](Cc1ccccc1)C(=O)O. The van der Waals surface area contributed by atoms with Crippen LogP contribution in [-0.2, 0) is 92.8 Å². The van der Waals surface area contributed by atoms with Gasteiger partial charge in [0.1, 0.15) is 72.2 Å². The zero-order chi connectivity index (χ0) is 81.1. The Labute approximate surface area is 633 Å². The molecule has 0 aliphatic rings. The van der Waals surface area contributed by atoms with E-state index in [1.165, 1.54) is 26.0 Å². The number of para-hydroxylation sites is 1. The number of unbranched alkanes of at least 4 members (excludes halogenated alkanes) is 2. The first-order valence-corrected chi connectivity index (χ1v) is 35.8. The summed E-state index contributed by atoms with van der Waals surface area (Å²) in [4.78, 5) is 195. The summed E-state index contributed by atoms with van der Waals surface area (Å²) >= 11 is 0. The quantitative estimate of drug-likeness (QED) is 0.0168. The maximum Gasteiger partial charge on any atom is 0.326 e. The Kier molecular flexibility index (Phi) is 36.8. The molecule has 5 rings (SSSR count). The summed E-state index contributed by atoms with van der Waals surface area (Å²) in [6.07, 6.45) is -2.78. The van der Waals surface area contributed by atoms with Crippen molar-refractivity contribution < 1.29 is 103 Å². The fraction of sp³-hybridized carbons (Fsp3) is 0.459. The van der Waals surface area contributed by atoms with E-state index in [0.717, 1.165) is 6.92 Å². The van der Waals surface area contributed by atoms with Gasteiger partial charge in [-0.3, -0.25) is 62.3 Å². The van der Waals surface area contributed by atoms with Crippen LogP contribution in [0.1, 0.15) is 101 Å². The smallest absolute Gasteiger partial charge is 0.326 e. The normalized spacial score (nSPS) is 14.7. The molecule has 36 nitrogen and oxygen atoms in total. The van der Waals surface area contributed by atoms with Crippen molar-refractivity contribution in [2.45, 2.75) is 183 Å². The third-order valence-corrected chi connectivity index (χ3v) is 17.7. The number of aromatic nitrogens is 1. The number of aliphatic hydroxyl groups is 3. The van der Waals surface area contributed by atoms with Gasteiger partial charge in [-0.1, -0.05) is 105 Å². The van der Waals surface area contributed by atoms with Gasteiger partial charge in [-0.2, -0.15) is 0 Å². The molecule has 0 aliphatic carbocycles. The molecule has 0 radical (unpaired) electrons. The molecule has 11 amide bonds. The fourth-order valence-corrected chi connectivity index (χ4v) is 11.5. The van der Waals surface area contributed by atoms with Gasteiger partial charge in [-0.15, -0.1) is 0 Å². The summed E-state index contributed by atoms with van der Waals surface area (Å²) in [5, 5.41) is 98.4. The van der Waals surface area contributed by atoms with Gasteiger partial charge in [0.2, 0.25) is 65.0 Å². The number of aliphatic carboxylic acids is 3. The van der Waals surface area contributed by atoms with Crippen LogP contribution in [0.25, 0.3) is 10.9 Å². The van der Waals surface area contributed by atoms with E-state index in [4.69, 9.17) is 17.2 Å². The van der Waals surface area contributed by atoms with E-state index < -0.39 is 200 Å². The van der Waals surface area contributed by atoms with Crippen LogP contribution in [0.3, 0.4) is 0 Å². The highest BCUT2D eigenvalue weighted by molar-refractivity contribution is 6.00. The second kappa shape index (κ2) is 45.4. The zero-order valence-electron chi connectivity index (χ0n) is 61.2. The summed E-state index contributed by atoms with van der Waals surface area (Å²) < 4.78 is 0. The van der Waals surface area contributed by atoms with Gasteiger partial charge in [-0.05, 0) is 118 Å². The van der Waals surface area contributed by atoms with Crippen LogP contribution in [0.2, 0.25) is 0 Å². The molecule has 0 unspecified atom stereocenters. The number of aromatic hydroxyl groups is 1. The zero-order valence-corrected chi connectivity index (χ0v) is 61.2. The lowest BCUT2D eigenvalue weighted by Gasteiger charge is -2.29. The molecule has 36 heteroatoms. The molecule has 13 atom stereocenters. The highest BCUT2D eigenvalue weighted by atomic mass is 16.4. The average molecular weight is 1540 g/mol. The average Bonchev–Trinajstić information content (AvgIpc) is 1.64. The standard InChI is InChI=1S/C74H101N15O21/c1-40(2)61(88-73(108)62(41(3)92)89-71(106)58(39-91)87-68(103)54(35-45-37-78-49-21-11-10-20-47(45)49)82-63(98)48(77)32-44-24-26-46(93)27-25-44)72(107)81-51(23-13-15-31-76)65(100)84-55(36-60(96)97)69(104)79-50(22-12-14-30-75)64(99)83-53(33-42-16-6-4-7-17-42)67(102)86-57(38-90)70(105)80-52(28-29-59(94)95)66(101)85-56(74(109)110)34-43-18-8-5-9-19-43/h4-11,16-21,24-27,37,40-41,48,50-58,61-62,78,90-93H,12-15,22-23,28-36,38-39,75-77H2,1-3H3,(H,79,104)(H,80,105)(H,81,107)(H,82,98)(H,83,99)(H,84,100)(H,85,101)(H,86,102)(H,87,103)(H,88,108)(H,89,106)(H,94,95)(H,96,97)(H,109,110)/t41-,48+,50+,51+,52+,53+,54+,55+,56+,57+,58+,61+,62+/m1/s1. The summed E-state index contributed by atoms with van der Waals surface area (Å²) in [7, 11) is 0. The lowest BCUT2D eigenvalue weighted by Crippen LogP contribution is -2.63. The van der Waals surface area contributed by atoms with E-state index in [9.17, 15) is 103 Å². The minimum atomic E-state index is -2.00. The molecule has 598 valence electrons. The Hall–Kier alpha value is -11.4. The number of nitrogens with one attached hydrogen (secondary N) is 12. The number of rotatable bonds is 48. The number of carboxylic acids is 3. The molecular weight excluding hydrogens is 1430 g/mol. The number of carboxylic acid groups (broad SMARTS) is 3. The van der Waals surface area contributed by atoms with Gasteiger partial charge in [0, 0.05) is 42.8 Å². The molecule has 4 aromatic carbocycles. The number of carbonyl (C=O) groups is 14. The van der Waals surface area contributed by atoms with E-state index in [-0.39, 0.29) is 83.0 Å². The number of aromatic amines is 1. The number of hydrogen-bond acceptors (Lipinski definition) is 21. The van der Waals surface area contributed by atoms with E-state index in [2.05, 4.69) is 63.5 Å². The van der Waals surface area contributed by atoms with E-state index in [1.807, 2.05) is 0 Å². The van der Waals surface area contributed by atoms with Crippen molar-refractivity contribution in [2.24, 2.45) is 23.1 Å². The molecule has 0 fully saturated rings. The fourth-order valence-electron chi connectivity index (χ4n) is 11.5.